The van der Waals surface area contributed by atoms with E-state index in [0.29, 0.717) is 11.3 Å². The van der Waals surface area contributed by atoms with Gasteiger partial charge in [0.1, 0.15) is 12.4 Å². The second-order valence-electron chi connectivity index (χ2n) is 9.39. The third-order valence-electron chi connectivity index (χ3n) is 6.35. The Balaban J connectivity index is 1.48. The highest BCUT2D eigenvalue weighted by Crippen LogP contribution is 2.42. The maximum atomic E-state index is 13.1. The summed E-state index contributed by atoms with van der Waals surface area (Å²) in [6.45, 7) is 3.15. The average molecular weight is 535 g/mol. The number of hydrogen-bond acceptors (Lipinski definition) is 7. The van der Waals surface area contributed by atoms with Gasteiger partial charge in [-0.1, -0.05) is 35.9 Å². The molecule has 1 fully saturated rings. The van der Waals surface area contributed by atoms with Crippen molar-refractivity contribution in [2.75, 3.05) is 0 Å². The number of fused-ring (bicyclic) bond motifs is 1. The highest BCUT2D eigenvalue weighted by atomic mass is 35.5. The number of esters is 2. The van der Waals surface area contributed by atoms with Crippen molar-refractivity contribution in [1.29, 1.82) is 0 Å². The lowest BCUT2D eigenvalue weighted by Crippen LogP contribution is -2.48. The number of nitrogens with zero attached hydrogens (tertiary/aromatic N) is 1. The Kier molecular flexibility index (Phi) is 6.54. The zero-order valence-corrected chi connectivity index (χ0v) is 21.2. The molecule has 0 spiro atoms. The number of aromatic nitrogens is 1. The summed E-state index contributed by atoms with van der Waals surface area (Å²) in [6.07, 6.45) is 1.77. The normalized spacial score (nSPS) is 16.1. The number of hydrogen-bond donors (Lipinski definition) is 1. The van der Waals surface area contributed by atoms with Crippen molar-refractivity contribution in [1.82, 2.24) is 4.98 Å². The summed E-state index contributed by atoms with van der Waals surface area (Å²) < 4.78 is 16.7. The van der Waals surface area contributed by atoms with Gasteiger partial charge in [-0.15, -0.1) is 0 Å². The van der Waals surface area contributed by atoms with Crippen LogP contribution in [0.15, 0.2) is 72.9 Å². The molecule has 0 saturated carbocycles. The molecule has 2 heterocycles. The summed E-state index contributed by atoms with van der Waals surface area (Å²) in [5.41, 5.74) is 2.88. The molecule has 3 aromatic carbocycles. The fourth-order valence-corrected chi connectivity index (χ4v) is 4.85. The molecule has 10 heteroatoms. The molecule has 38 heavy (non-hydrogen) atoms. The summed E-state index contributed by atoms with van der Waals surface area (Å²) in [4.78, 5) is 39.8. The summed E-state index contributed by atoms with van der Waals surface area (Å²) in [6, 6.07) is 18.6. The van der Waals surface area contributed by atoms with Gasteiger partial charge in [-0.2, -0.15) is 0 Å². The van der Waals surface area contributed by atoms with Gasteiger partial charge in [-0.3, -0.25) is 19.7 Å². The van der Waals surface area contributed by atoms with Crippen LogP contribution in [0.4, 0.5) is 5.69 Å². The van der Waals surface area contributed by atoms with Crippen molar-refractivity contribution in [3.05, 3.63) is 105 Å². The number of carbonyl (C=O) groups is 2. The van der Waals surface area contributed by atoms with Gasteiger partial charge in [0, 0.05) is 49.0 Å². The number of non-ortho nitro benzene ring substituents is 1. The van der Waals surface area contributed by atoms with Gasteiger partial charge in [0.25, 0.3) is 11.5 Å². The minimum Gasteiger partial charge on any atom is -0.487 e. The van der Waals surface area contributed by atoms with Crippen LogP contribution in [0.25, 0.3) is 10.9 Å². The molecule has 1 saturated heterocycles. The monoisotopic (exact) mass is 534 g/mol. The smallest absolute Gasteiger partial charge is 0.324 e. The third kappa shape index (κ3) is 4.92. The number of nitro groups is 1. The van der Waals surface area contributed by atoms with Crippen molar-refractivity contribution in [2.45, 2.75) is 32.2 Å². The second-order valence-corrected chi connectivity index (χ2v) is 9.80. The van der Waals surface area contributed by atoms with Crippen LogP contribution in [0.3, 0.4) is 0 Å². The number of halogens is 1. The van der Waals surface area contributed by atoms with E-state index < -0.39 is 34.5 Å². The first-order valence-electron chi connectivity index (χ1n) is 11.8. The second kappa shape index (κ2) is 9.83. The Bertz CT molecular complexity index is 1520. The number of benzene rings is 3. The lowest BCUT2D eigenvalue weighted by Gasteiger charge is -2.36. The zero-order chi connectivity index (χ0) is 27.0. The number of nitrogens with one attached hydrogen (secondary N) is 1. The molecule has 9 nitrogen and oxygen atoms in total. The van der Waals surface area contributed by atoms with E-state index in [1.54, 1.807) is 36.5 Å². The number of nitro benzene ring substituents is 1. The Hall–Kier alpha value is -4.37. The number of H-pyrrole nitrogens is 1. The minimum atomic E-state index is -1.36. The first kappa shape index (κ1) is 25.3. The Morgan fingerprint density at radius 1 is 1.05 bits per heavy atom. The largest absolute Gasteiger partial charge is 0.487 e. The minimum absolute atomic E-state index is 0.0115. The maximum absolute atomic E-state index is 13.1. The molecule has 0 unspecified atom stereocenters. The van der Waals surface area contributed by atoms with Crippen LogP contribution in [0.1, 0.15) is 36.5 Å². The molecule has 194 valence electrons. The maximum Gasteiger partial charge on any atom is 0.324 e. The molecule has 1 N–H and O–H groups in total. The van der Waals surface area contributed by atoms with Crippen molar-refractivity contribution < 1.29 is 28.7 Å². The summed E-state index contributed by atoms with van der Waals surface area (Å²) >= 11 is 6.59. The topological polar surface area (TPSA) is 121 Å². The van der Waals surface area contributed by atoms with E-state index in [1.807, 2.05) is 24.3 Å². The Morgan fingerprint density at radius 2 is 1.74 bits per heavy atom. The van der Waals surface area contributed by atoms with Gasteiger partial charge < -0.3 is 19.2 Å². The van der Waals surface area contributed by atoms with Gasteiger partial charge in [-0.25, -0.2) is 0 Å². The first-order valence-corrected chi connectivity index (χ1v) is 12.2. The van der Waals surface area contributed by atoms with Gasteiger partial charge >= 0.3 is 11.9 Å². The number of ether oxygens (including phenoxy) is 3. The predicted octanol–water partition coefficient (Wildman–Crippen LogP) is 5.89. The van der Waals surface area contributed by atoms with Crippen molar-refractivity contribution in [2.24, 2.45) is 5.92 Å². The van der Waals surface area contributed by atoms with Gasteiger partial charge in [0.15, 0.2) is 5.92 Å². The van der Waals surface area contributed by atoms with Crippen LogP contribution in [-0.4, -0.2) is 27.6 Å². The average Bonchev–Trinajstić information content (AvgIpc) is 3.29. The number of rotatable bonds is 7. The molecule has 1 atom stereocenters. The van der Waals surface area contributed by atoms with Crippen LogP contribution in [0, 0.1) is 16.0 Å². The van der Waals surface area contributed by atoms with Crippen LogP contribution in [0.2, 0.25) is 5.02 Å². The van der Waals surface area contributed by atoms with Crippen LogP contribution >= 0.6 is 11.6 Å². The molecular formula is C28H23ClN2O7. The van der Waals surface area contributed by atoms with Crippen LogP contribution < -0.4 is 4.74 Å². The van der Waals surface area contributed by atoms with Crippen molar-refractivity contribution in [3.63, 3.8) is 0 Å². The SMILES string of the molecule is CC1(C)OC(=O)C([C@H](c2ccc(OCc3ccc([N+](=O)[O-])cc3)c(Cl)c2)c2c[nH]c3ccccc23)C(=O)O1. The fourth-order valence-electron chi connectivity index (χ4n) is 4.61. The summed E-state index contributed by atoms with van der Waals surface area (Å²) in [5, 5.41) is 12.0. The van der Waals surface area contributed by atoms with Crippen molar-refractivity contribution >= 4 is 40.1 Å². The molecule has 0 radical (unpaired) electrons. The van der Waals surface area contributed by atoms with E-state index in [-0.39, 0.29) is 17.3 Å². The van der Waals surface area contributed by atoms with Gasteiger partial charge in [0.2, 0.25) is 0 Å². The number of para-hydroxylation sites is 1. The Morgan fingerprint density at radius 3 is 2.39 bits per heavy atom. The molecule has 0 bridgehead atoms. The van der Waals surface area contributed by atoms with E-state index in [1.165, 1.54) is 26.0 Å². The lowest BCUT2D eigenvalue weighted by atomic mass is 9.80. The number of carbonyl (C=O) groups excluding carboxylic acids is 2. The predicted molar refractivity (Wildman–Crippen MR) is 139 cm³/mol. The molecule has 0 amide bonds. The summed E-state index contributed by atoms with van der Waals surface area (Å²) in [5.74, 6) is -4.34. The van der Waals surface area contributed by atoms with E-state index >= 15 is 0 Å². The standard InChI is InChI=1S/C28H23ClN2O7/c1-28(2)37-26(32)25(27(33)38-28)24(20-14-30-22-6-4-3-5-19(20)22)17-9-12-23(21(29)13-17)36-15-16-7-10-18(11-8-16)31(34)35/h3-14,24-25,30H,15H2,1-2H3/t24-/m1/s1. The Labute approximate surface area is 222 Å². The molecule has 1 aliphatic rings. The van der Waals surface area contributed by atoms with Gasteiger partial charge in [0.05, 0.1) is 9.95 Å². The molecule has 0 aliphatic carbocycles. The van der Waals surface area contributed by atoms with Crippen molar-refractivity contribution in [3.8, 4) is 5.75 Å². The summed E-state index contributed by atoms with van der Waals surface area (Å²) in [7, 11) is 0. The van der Waals surface area contributed by atoms with E-state index in [0.717, 1.165) is 22.0 Å². The quantitative estimate of drug-likeness (QED) is 0.136. The highest BCUT2D eigenvalue weighted by molar-refractivity contribution is 6.32. The van der Waals surface area contributed by atoms with Crippen LogP contribution in [-0.2, 0) is 25.7 Å². The fraction of sp³-hybridized carbons (Fsp3) is 0.214. The lowest BCUT2D eigenvalue weighted by molar-refractivity contribution is -0.384. The first-order chi connectivity index (χ1) is 18.1. The molecule has 1 aliphatic heterocycles. The van der Waals surface area contributed by atoms with E-state index in [4.69, 9.17) is 25.8 Å². The number of cyclic esters (lactones) is 2. The van der Waals surface area contributed by atoms with E-state index in [9.17, 15) is 19.7 Å². The number of aromatic amines is 1. The molecule has 5 rings (SSSR count). The van der Waals surface area contributed by atoms with Crippen LogP contribution in [0.5, 0.6) is 5.75 Å². The third-order valence-corrected chi connectivity index (χ3v) is 6.64. The molecular weight excluding hydrogens is 512 g/mol. The van der Waals surface area contributed by atoms with Gasteiger partial charge in [-0.05, 0) is 47.0 Å². The zero-order valence-electron chi connectivity index (χ0n) is 20.5. The van der Waals surface area contributed by atoms with E-state index in [2.05, 4.69) is 4.98 Å². The highest BCUT2D eigenvalue weighted by Gasteiger charge is 2.48. The molecule has 4 aromatic rings. The molecule has 1 aromatic heterocycles.